The van der Waals surface area contributed by atoms with E-state index in [1.54, 1.807) is 0 Å². The van der Waals surface area contributed by atoms with Crippen molar-refractivity contribution < 1.29 is 0 Å². The quantitative estimate of drug-likeness (QED) is 0.758. The summed E-state index contributed by atoms with van der Waals surface area (Å²) in [4.78, 5) is 2.57. The molecule has 0 amide bonds. The molecular weight excluding hydrogens is 184 g/mol. The third kappa shape index (κ3) is 4.98. The number of rotatable bonds is 5. The van der Waals surface area contributed by atoms with Crippen LogP contribution >= 0.6 is 0 Å². The molecule has 1 saturated heterocycles. The summed E-state index contributed by atoms with van der Waals surface area (Å²) in [6.45, 7) is 10.5. The molecule has 2 atom stereocenters. The summed E-state index contributed by atoms with van der Waals surface area (Å²) in [6.07, 6.45) is 5.28. The summed E-state index contributed by atoms with van der Waals surface area (Å²) in [6, 6.07) is 0.376. The van der Waals surface area contributed by atoms with Crippen LogP contribution in [0, 0.1) is 11.8 Å². The van der Waals surface area contributed by atoms with Crippen LogP contribution in [0.5, 0.6) is 0 Å². The van der Waals surface area contributed by atoms with Crippen molar-refractivity contribution in [1.29, 1.82) is 0 Å². The molecule has 1 aliphatic rings. The van der Waals surface area contributed by atoms with Crippen LogP contribution in [0.3, 0.4) is 0 Å². The van der Waals surface area contributed by atoms with Gasteiger partial charge in [0.25, 0.3) is 0 Å². The molecule has 15 heavy (non-hydrogen) atoms. The Kier molecular flexibility index (Phi) is 5.62. The molecule has 2 unspecified atom stereocenters. The van der Waals surface area contributed by atoms with Crippen LogP contribution in [-0.2, 0) is 0 Å². The Morgan fingerprint density at radius 1 is 1.40 bits per heavy atom. The Hall–Kier alpha value is -0.0800. The van der Waals surface area contributed by atoms with Gasteiger partial charge < -0.3 is 10.6 Å². The van der Waals surface area contributed by atoms with Gasteiger partial charge in [0.05, 0.1) is 0 Å². The molecule has 2 nitrogen and oxygen atoms in total. The van der Waals surface area contributed by atoms with Crippen molar-refractivity contribution >= 4 is 0 Å². The Labute approximate surface area is 95.2 Å². The molecule has 0 aliphatic carbocycles. The standard InChI is InChI=1S/C13H28N2/c1-4-12-6-5-7-15(9-12)10-13(14)8-11(2)3/h11-13H,4-10,14H2,1-3H3. The minimum atomic E-state index is 0.376. The van der Waals surface area contributed by atoms with Crippen molar-refractivity contribution in [3.05, 3.63) is 0 Å². The summed E-state index contributed by atoms with van der Waals surface area (Å²) in [5, 5.41) is 0. The predicted octanol–water partition coefficient (Wildman–Crippen LogP) is 2.48. The Morgan fingerprint density at radius 3 is 2.73 bits per heavy atom. The van der Waals surface area contributed by atoms with Gasteiger partial charge in [-0.15, -0.1) is 0 Å². The van der Waals surface area contributed by atoms with E-state index in [1.165, 1.54) is 32.4 Å². The lowest BCUT2D eigenvalue weighted by Crippen LogP contribution is -2.43. The van der Waals surface area contributed by atoms with E-state index in [0.29, 0.717) is 6.04 Å². The summed E-state index contributed by atoms with van der Waals surface area (Å²) in [5.74, 6) is 1.65. The van der Waals surface area contributed by atoms with Gasteiger partial charge in [0.1, 0.15) is 0 Å². The monoisotopic (exact) mass is 212 g/mol. The molecule has 0 spiro atoms. The minimum Gasteiger partial charge on any atom is -0.327 e. The molecule has 0 aromatic carbocycles. The van der Waals surface area contributed by atoms with Gasteiger partial charge >= 0.3 is 0 Å². The molecule has 0 bridgehead atoms. The first-order valence-electron chi connectivity index (χ1n) is 6.59. The molecule has 0 saturated carbocycles. The number of hydrogen-bond donors (Lipinski definition) is 1. The zero-order valence-corrected chi connectivity index (χ0v) is 10.7. The number of nitrogens with two attached hydrogens (primary N) is 1. The van der Waals surface area contributed by atoms with E-state index < -0.39 is 0 Å². The number of likely N-dealkylation sites (tertiary alicyclic amines) is 1. The SMILES string of the molecule is CCC1CCCN(CC(N)CC(C)C)C1. The number of piperidine rings is 1. The first-order chi connectivity index (χ1) is 7.11. The van der Waals surface area contributed by atoms with Gasteiger partial charge in [0.2, 0.25) is 0 Å². The fourth-order valence-corrected chi connectivity index (χ4v) is 2.66. The van der Waals surface area contributed by atoms with Gasteiger partial charge in [0, 0.05) is 19.1 Å². The summed E-state index contributed by atoms with van der Waals surface area (Å²) in [5.41, 5.74) is 6.15. The number of hydrogen-bond acceptors (Lipinski definition) is 2. The van der Waals surface area contributed by atoms with Crippen molar-refractivity contribution in [2.24, 2.45) is 17.6 Å². The third-order valence-electron chi connectivity index (χ3n) is 3.45. The molecule has 0 aromatic heterocycles. The van der Waals surface area contributed by atoms with Crippen LogP contribution in [0.1, 0.15) is 46.5 Å². The smallest absolute Gasteiger partial charge is 0.0170 e. The van der Waals surface area contributed by atoms with E-state index in [-0.39, 0.29) is 0 Å². The first-order valence-corrected chi connectivity index (χ1v) is 6.59. The molecule has 0 aromatic rings. The lowest BCUT2D eigenvalue weighted by atomic mass is 9.95. The maximum Gasteiger partial charge on any atom is 0.0170 e. The van der Waals surface area contributed by atoms with Crippen molar-refractivity contribution in [3.63, 3.8) is 0 Å². The highest BCUT2D eigenvalue weighted by Crippen LogP contribution is 2.19. The summed E-state index contributed by atoms with van der Waals surface area (Å²) in [7, 11) is 0. The van der Waals surface area contributed by atoms with E-state index in [2.05, 4.69) is 25.7 Å². The van der Waals surface area contributed by atoms with Crippen LogP contribution in [0.15, 0.2) is 0 Å². The largest absolute Gasteiger partial charge is 0.327 e. The minimum absolute atomic E-state index is 0.376. The van der Waals surface area contributed by atoms with Crippen molar-refractivity contribution in [2.45, 2.75) is 52.5 Å². The average molecular weight is 212 g/mol. The Bertz CT molecular complexity index is 168. The zero-order valence-electron chi connectivity index (χ0n) is 10.7. The predicted molar refractivity (Wildman–Crippen MR) is 66.9 cm³/mol. The lowest BCUT2D eigenvalue weighted by molar-refractivity contribution is 0.159. The second kappa shape index (κ2) is 6.49. The number of nitrogens with zero attached hydrogens (tertiary/aromatic N) is 1. The molecule has 2 heteroatoms. The topological polar surface area (TPSA) is 29.3 Å². The first kappa shape index (κ1) is 13.0. The van der Waals surface area contributed by atoms with E-state index in [9.17, 15) is 0 Å². The van der Waals surface area contributed by atoms with Crippen molar-refractivity contribution in [2.75, 3.05) is 19.6 Å². The fourth-order valence-electron chi connectivity index (χ4n) is 2.66. The molecule has 2 N–H and O–H groups in total. The molecule has 1 fully saturated rings. The summed E-state index contributed by atoms with van der Waals surface area (Å²) >= 11 is 0. The van der Waals surface area contributed by atoms with Gasteiger partial charge in [-0.3, -0.25) is 0 Å². The molecule has 0 radical (unpaired) electrons. The van der Waals surface area contributed by atoms with Crippen LogP contribution in [-0.4, -0.2) is 30.6 Å². The zero-order chi connectivity index (χ0) is 11.3. The second-order valence-corrected chi connectivity index (χ2v) is 5.57. The Morgan fingerprint density at radius 2 is 2.13 bits per heavy atom. The van der Waals surface area contributed by atoms with Gasteiger partial charge in [-0.05, 0) is 37.6 Å². The van der Waals surface area contributed by atoms with Gasteiger partial charge in [-0.1, -0.05) is 27.2 Å². The van der Waals surface area contributed by atoms with Crippen LogP contribution in [0.4, 0.5) is 0 Å². The highest BCUT2D eigenvalue weighted by Gasteiger charge is 2.20. The van der Waals surface area contributed by atoms with Gasteiger partial charge in [-0.25, -0.2) is 0 Å². The van der Waals surface area contributed by atoms with Crippen molar-refractivity contribution in [3.8, 4) is 0 Å². The van der Waals surface area contributed by atoms with Crippen molar-refractivity contribution in [1.82, 2.24) is 4.90 Å². The van der Waals surface area contributed by atoms with E-state index in [0.717, 1.165) is 24.8 Å². The molecule has 1 heterocycles. The highest BCUT2D eigenvalue weighted by atomic mass is 15.1. The summed E-state index contributed by atoms with van der Waals surface area (Å²) < 4.78 is 0. The van der Waals surface area contributed by atoms with Crippen LogP contribution in [0.2, 0.25) is 0 Å². The fraction of sp³-hybridized carbons (Fsp3) is 1.00. The second-order valence-electron chi connectivity index (χ2n) is 5.57. The van der Waals surface area contributed by atoms with E-state index in [4.69, 9.17) is 5.73 Å². The average Bonchev–Trinajstić information content (AvgIpc) is 2.16. The molecule has 90 valence electrons. The van der Waals surface area contributed by atoms with E-state index in [1.807, 2.05) is 0 Å². The molecule has 1 aliphatic heterocycles. The van der Waals surface area contributed by atoms with Gasteiger partial charge in [0.15, 0.2) is 0 Å². The lowest BCUT2D eigenvalue weighted by Gasteiger charge is -2.34. The third-order valence-corrected chi connectivity index (χ3v) is 3.45. The van der Waals surface area contributed by atoms with Gasteiger partial charge in [-0.2, -0.15) is 0 Å². The van der Waals surface area contributed by atoms with Crippen LogP contribution in [0.25, 0.3) is 0 Å². The maximum absolute atomic E-state index is 6.15. The molecular formula is C13H28N2. The normalized spacial score (nSPS) is 25.8. The van der Waals surface area contributed by atoms with Crippen LogP contribution < -0.4 is 5.73 Å². The molecule has 1 rings (SSSR count). The van der Waals surface area contributed by atoms with E-state index >= 15 is 0 Å². The maximum atomic E-state index is 6.15. The highest BCUT2D eigenvalue weighted by molar-refractivity contribution is 4.76. The Balaban J connectivity index is 2.25.